The Morgan fingerprint density at radius 2 is 1.50 bits per heavy atom. The van der Waals surface area contributed by atoms with E-state index < -0.39 is 0 Å². The maximum Gasteiger partial charge on any atom is 0.325 e. The Balaban J connectivity index is -0.000000352. The molecule has 0 aromatic heterocycles. The zero-order valence-corrected chi connectivity index (χ0v) is 15.4. The summed E-state index contributed by atoms with van der Waals surface area (Å²) < 4.78 is 0. The smallest absolute Gasteiger partial charge is 0.325 e. The summed E-state index contributed by atoms with van der Waals surface area (Å²) in [4.78, 5) is 9.60. The molecule has 0 spiro atoms. The normalized spacial score (nSPS) is 13.8. The van der Waals surface area contributed by atoms with Crippen molar-refractivity contribution in [3.63, 3.8) is 0 Å². The van der Waals surface area contributed by atoms with E-state index >= 15 is 0 Å². The van der Waals surface area contributed by atoms with Gasteiger partial charge in [-0.15, -0.1) is 0 Å². The fourth-order valence-corrected chi connectivity index (χ4v) is 0.749. The van der Waals surface area contributed by atoms with E-state index in [4.69, 9.17) is 10.2 Å². The van der Waals surface area contributed by atoms with Crippen LogP contribution in [0.15, 0.2) is 11.8 Å². The predicted molar refractivity (Wildman–Crippen MR) is 79.9 cm³/mol. The number of allylic oxidation sites excluding steroid dienone is 2. The first-order valence-electron chi connectivity index (χ1n) is 6.58. The van der Waals surface area contributed by atoms with Gasteiger partial charge < -0.3 is 15.3 Å². The van der Waals surface area contributed by atoms with Crippen LogP contribution in [0.1, 0.15) is 54.9 Å². The Kier molecular flexibility index (Phi) is 13.1. The summed E-state index contributed by atoms with van der Waals surface area (Å²) in [6, 6.07) is 0. The molecule has 0 aliphatic carbocycles. The molecule has 20 heavy (non-hydrogen) atoms. The van der Waals surface area contributed by atoms with Gasteiger partial charge in [-0.3, -0.25) is 4.79 Å². The van der Waals surface area contributed by atoms with Crippen molar-refractivity contribution in [1.29, 1.82) is 0 Å². The Hall–Kier alpha value is -0.156. The fourth-order valence-electron chi connectivity index (χ4n) is 0.749. The molecule has 0 heterocycles. The molecule has 0 radical (unpaired) electrons. The second-order valence-corrected chi connectivity index (χ2v) is 6.78. The van der Waals surface area contributed by atoms with Crippen LogP contribution in [0.2, 0.25) is 0 Å². The average molecular weight is 323 g/mol. The van der Waals surface area contributed by atoms with Gasteiger partial charge >= 0.3 is 5.78 Å². The summed E-state index contributed by atoms with van der Waals surface area (Å²) in [5, 5.41) is 26.1. The van der Waals surface area contributed by atoms with Crippen LogP contribution in [-0.2, 0) is 21.7 Å². The summed E-state index contributed by atoms with van der Waals surface area (Å²) in [6.07, 6.45) is 1.58. The van der Waals surface area contributed by atoms with Gasteiger partial charge in [-0.2, -0.15) is 0 Å². The third kappa shape index (κ3) is 14.3. The van der Waals surface area contributed by atoms with Crippen LogP contribution in [0.5, 0.6) is 0 Å². The van der Waals surface area contributed by atoms with Gasteiger partial charge in [0.25, 0.3) is 0 Å². The molecule has 4 N–H and O–H groups in total. The van der Waals surface area contributed by atoms with Gasteiger partial charge in [0.05, 0.1) is 17.6 Å². The topological polar surface area (TPSA) is 82.1 Å². The number of hydrogen-bond donors (Lipinski definition) is 3. The summed E-state index contributed by atoms with van der Waals surface area (Å²) in [6.45, 7) is 13.1. The van der Waals surface area contributed by atoms with Crippen LogP contribution in [0.4, 0.5) is 0 Å². The average Bonchev–Trinajstić information content (AvgIpc) is 2.14. The van der Waals surface area contributed by atoms with Crippen molar-refractivity contribution in [2.45, 2.75) is 61.0 Å². The zero-order chi connectivity index (χ0) is 15.9. The van der Waals surface area contributed by atoms with Crippen molar-refractivity contribution < 1.29 is 41.8 Å². The van der Waals surface area contributed by atoms with E-state index in [2.05, 4.69) is 0 Å². The number of hydrogen-bond acceptors (Lipinski definition) is 3. The molecule has 0 rings (SSSR count). The molecular weight excluding hydrogens is 292 g/mol. The summed E-state index contributed by atoms with van der Waals surface area (Å²) in [5.41, 5.74) is -0.613. The first-order valence-corrected chi connectivity index (χ1v) is 6.58. The van der Waals surface area contributed by atoms with E-state index in [0.717, 1.165) is 0 Å². The van der Waals surface area contributed by atoms with Gasteiger partial charge in [0.2, 0.25) is 0 Å². The minimum Gasteiger partial charge on any atom is -0.511 e. The van der Waals surface area contributed by atoms with E-state index in [1.807, 2.05) is 41.5 Å². The van der Waals surface area contributed by atoms with Crippen molar-refractivity contribution in [1.82, 2.24) is 0 Å². The molecule has 0 aromatic rings. The fraction of sp³-hybridized carbons (Fsp3) is 0.800. The van der Waals surface area contributed by atoms with Gasteiger partial charge in [0.1, 0.15) is 5.76 Å². The van der Waals surface area contributed by atoms with Crippen molar-refractivity contribution >= 4 is 5.78 Å². The second kappa shape index (κ2) is 10.6. The molecule has 118 valence electrons. The molecule has 0 aliphatic heterocycles. The van der Waals surface area contributed by atoms with Crippen LogP contribution in [-0.4, -0.2) is 38.6 Å². The van der Waals surface area contributed by atoms with E-state index in [-0.39, 0.29) is 56.8 Å². The molecule has 4 nitrogen and oxygen atoms in total. The Morgan fingerprint density at radius 3 is 1.65 bits per heavy atom. The van der Waals surface area contributed by atoms with Crippen LogP contribution < -0.4 is 0 Å². The number of aliphatic hydroxyl groups is 3. The SMILES string of the molecule is CC(C)(C)C(=[OH+])/C=C(\O)C(C)(C)C.CC(O)CCO.[Ti]. The van der Waals surface area contributed by atoms with Crippen LogP contribution in [0.25, 0.3) is 0 Å². The van der Waals surface area contributed by atoms with Gasteiger partial charge in [0.15, 0.2) is 0 Å². The number of carbonyl (C=O) groups excluding carboxylic acids is 1. The quantitative estimate of drug-likeness (QED) is 0.323. The molecule has 0 amide bonds. The van der Waals surface area contributed by atoms with Gasteiger partial charge in [-0.05, 0) is 34.1 Å². The minimum atomic E-state index is -0.352. The van der Waals surface area contributed by atoms with Crippen molar-refractivity contribution in [2.75, 3.05) is 6.61 Å². The van der Waals surface area contributed by atoms with Crippen LogP contribution in [0.3, 0.4) is 0 Å². The Bertz CT molecular complexity index is 296. The largest absolute Gasteiger partial charge is 0.511 e. The minimum absolute atomic E-state index is 0. The van der Waals surface area contributed by atoms with Crippen LogP contribution in [0, 0.1) is 10.8 Å². The summed E-state index contributed by atoms with van der Waals surface area (Å²) in [5.74, 6) is 0.417. The first-order chi connectivity index (χ1) is 8.32. The van der Waals surface area contributed by atoms with E-state index in [1.165, 1.54) is 6.08 Å². The molecule has 1 atom stereocenters. The first kappa shape index (κ1) is 24.8. The molecule has 0 saturated carbocycles. The molecular formula is C15H31O4Ti+. The van der Waals surface area contributed by atoms with Crippen molar-refractivity contribution in [2.24, 2.45) is 10.8 Å². The third-order valence-corrected chi connectivity index (χ3v) is 2.36. The number of ketones is 1. The maximum absolute atomic E-state index is 9.60. The zero-order valence-electron chi connectivity index (χ0n) is 13.9. The van der Waals surface area contributed by atoms with E-state index in [1.54, 1.807) is 6.92 Å². The van der Waals surface area contributed by atoms with E-state index in [9.17, 15) is 9.90 Å². The molecule has 0 fully saturated rings. The number of aliphatic hydroxyl groups excluding tert-OH is 3. The number of rotatable bonds is 3. The molecule has 0 saturated heterocycles. The molecule has 0 aromatic carbocycles. The van der Waals surface area contributed by atoms with Gasteiger partial charge in [0, 0.05) is 33.7 Å². The summed E-state index contributed by atoms with van der Waals surface area (Å²) in [7, 11) is 0. The van der Waals surface area contributed by atoms with Gasteiger partial charge in [-0.1, -0.05) is 20.8 Å². The van der Waals surface area contributed by atoms with Crippen molar-refractivity contribution in [3.8, 4) is 0 Å². The molecule has 5 heteroatoms. The monoisotopic (exact) mass is 323 g/mol. The summed E-state index contributed by atoms with van der Waals surface area (Å²) >= 11 is 0. The Labute approximate surface area is 138 Å². The van der Waals surface area contributed by atoms with E-state index in [0.29, 0.717) is 6.42 Å². The molecule has 0 aliphatic rings. The maximum atomic E-state index is 9.60. The Morgan fingerprint density at radius 1 is 1.10 bits per heavy atom. The van der Waals surface area contributed by atoms with Crippen molar-refractivity contribution in [3.05, 3.63) is 11.8 Å². The predicted octanol–water partition coefficient (Wildman–Crippen LogP) is 2.81. The second-order valence-electron chi connectivity index (χ2n) is 6.78. The standard InChI is InChI=1S/C11H20O2.C4H10O2.Ti/c1-10(2,3)8(12)7-9(13)11(4,5)6;1-4(6)2-3-5;/h7,12H,1-6H3;4-6H,2-3H2,1H3;/p+1/b8-7-;;. The molecule has 0 bridgehead atoms. The van der Waals surface area contributed by atoms with Gasteiger partial charge in [-0.25, -0.2) is 0 Å². The van der Waals surface area contributed by atoms with Crippen LogP contribution >= 0.6 is 0 Å². The third-order valence-electron chi connectivity index (χ3n) is 2.36. The molecule has 1 unspecified atom stereocenters.